The molecule has 29 heavy (non-hydrogen) atoms. The summed E-state index contributed by atoms with van der Waals surface area (Å²) >= 11 is 0. The van der Waals surface area contributed by atoms with Gasteiger partial charge < -0.3 is 14.4 Å². The number of carbonyl (C=O) groups excluding carboxylic acids is 1. The fourth-order valence-corrected chi connectivity index (χ4v) is 4.52. The molecule has 3 aromatic rings. The maximum absolute atomic E-state index is 12.9. The van der Waals surface area contributed by atoms with E-state index in [2.05, 4.69) is 24.3 Å². The summed E-state index contributed by atoms with van der Waals surface area (Å²) in [6, 6.07) is 18.8. The zero-order valence-corrected chi connectivity index (χ0v) is 15.7. The number of rotatable bonds is 3. The van der Waals surface area contributed by atoms with Gasteiger partial charge in [0.05, 0.1) is 5.69 Å². The fraction of sp³-hybridized carbons (Fsp3) is 0.217. The molecule has 0 spiro atoms. The molecule has 1 amide bonds. The van der Waals surface area contributed by atoms with E-state index < -0.39 is 18.1 Å². The summed E-state index contributed by atoms with van der Waals surface area (Å²) in [4.78, 5) is 26.0. The number of amides is 1. The van der Waals surface area contributed by atoms with Gasteiger partial charge in [-0.3, -0.25) is 4.90 Å². The first-order valence-corrected chi connectivity index (χ1v) is 9.64. The fourth-order valence-electron chi connectivity index (χ4n) is 4.52. The topological polar surface area (TPSA) is 71.8 Å². The van der Waals surface area contributed by atoms with Crippen molar-refractivity contribution in [1.29, 1.82) is 0 Å². The predicted molar refractivity (Wildman–Crippen MR) is 107 cm³/mol. The van der Waals surface area contributed by atoms with Crippen LogP contribution >= 0.6 is 0 Å². The first-order valence-electron chi connectivity index (χ1n) is 9.64. The lowest BCUT2D eigenvalue weighted by Crippen LogP contribution is -2.45. The third-order valence-electron chi connectivity index (χ3n) is 5.84. The molecule has 2 heterocycles. The minimum Gasteiger partial charge on any atom is -0.479 e. The first-order chi connectivity index (χ1) is 14.1. The molecule has 5 rings (SSSR count). The second-order valence-electron chi connectivity index (χ2n) is 7.36. The molecule has 0 fully saturated rings. The van der Waals surface area contributed by atoms with E-state index in [9.17, 15) is 14.7 Å². The van der Waals surface area contributed by atoms with Crippen molar-refractivity contribution in [2.24, 2.45) is 0 Å². The Balaban J connectivity index is 1.38. The molecule has 6 nitrogen and oxygen atoms in total. The third kappa shape index (κ3) is 2.79. The van der Waals surface area contributed by atoms with Crippen LogP contribution in [-0.4, -0.2) is 39.8 Å². The number of hydrogen-bond donors (Lipinski definition) is 1. The van der Waals surface area contributed by atoms with Crippen LogP contribution in [0.25, 0.3) is 11.1 Å². The number of aliphatic carboxylic acids is 1. The van der Waals surface area contributed by atoms with Crippen LogP contribution in [-0.2, 0) is 16.1 Å². The van der Waals surface area contributed by atoms with E-state index in [-0.39, 0.29) is 12.5 Å². The van der Waals surface area contributed by atoms with Gasteiger partial charge in [0, 0.05) is 25.2 Å². The molecule has 0 radical (unpaired) electrons. The van der Waals surface area contributed by atoms with Crippen molar-refractivity contribution >= 4 is 12.1 Å². The molecule has 0 saturated heterocycles. The molecule has 1 aromatic heterocycles. The Morgan fingerprint density at radius 3 is 2.24 bits per heavy atom. The van der Waals surface area contributed by atoms with Gasteiger partial charge in [-0.05, 0) is 34.4 Å². The van der Waals surface area contributed by atoms with Gasteiger partial charge in [0.2, 0.25) is 0 Å². The minimum absolute atomic E-state index is 0.0525. The Hall–Kier alpha value is -3.54. The predicted octanol–water partition coefficient (Wildman–Crippen LogP) is 3.88. The largest absolute Gasteiger partial charge is 0.479 e. The van der Waals surface area contributed by atoms with Gasteiger partial charge in [-0.1, -0.05) is 48.5 Å². The van der Waals surface area contributed by atoms with E-state index in [1.165, 1.54) is 4.90 Å². The molecule has 6 heteroatoms. The highest BCUT2D eigenvalue weighted by atomic mass is 16.6. The van der Waals surface area contributed by atoms with E-state index in [0.29, 0.717) is 18.8 Å². The molecule has 1 aliphatic carbocycles. The van der Waals surface area contributed by atoms with Crippen LogP contribution in [0.2, 0.25) is 0 Å². The minimum atomic E-state index is -1.06. The zero-order valence-electron chi connectivity index (χ0n) is 15.7. The van der Waals surface area contributed by atoms with Gasteiger partial charge >= 0.3 is 12.1 Å². The molecule has 1 unspecified atom stereocenters. The maximum Gasteiger partial charge on any atom is 0.410 e. The number of hydrogen-bond acceptors (Lipinski definition) is 3. The molecule has 1 aliphatic heterocycles. The van der Waals surface area contributed by atoms with Crippen LogP contribution in [0.3, 0.4) is 0 Å². The molecule has 1 atom stereocenters. The summed E-state index contributed by atoms with van der Waals surface area (Å²) in [5.74, 6) is -1.11. The molecular weight excluding hydrogens is 368 g/mol. The Morgan fingerprint density at radius 2 is 1.59 bits per heavy atom. The monoisotopic (exact) mass is 388 g/mol. The Bertz CT molecular complexity index is 1060. The van der Waals surface area contributed by atoms with Gasteiger partial charge in [-0.25, -0.2) is 9.59 Å². The van der Waals surface area contributed by atoms with Crippen LogP contribution in [0.1, 0.15) is 28.8 Å². The number of nitrogens with zero attached hydrogens (tertiary/aromatic N) is 2. The number of ether oxygens (including phenoxy) is 1. The standard InChI is InChI=1S/C23H20N2O4/c26-22(27)21-20-10-5-11-24(20)12-13-25(21)23(28)29-14-19-17-8-3-1-6-15(17)16-7-2-4-9-18(16)19/h1-11,19,21H,12-14H2,(H,26,27). The van der Waals surface area contributed by atoms with Gasteiger partial charge in [0.25, 0.3) is 0 Å². The van der Waals surface area contributed by atoms with Crippen LogP contribution in [0.4, 0.5) is 4.79 Å². The van der Waals surface area contributed by atoms with Crippen LogP contribution in [0.5, 0.6) is 0 Å². The van der Waals surface area contributed by atoms with Gasteiger partial charge in [-0.2, -0.15) is 0 Å². The molecule has 146 valence electrons. The number of carboxylic acid groups (broad SMARTS) is 1. The maximum atomic E-state index is 12.9. The number of fused-ring (bicyclic) bond motifs is 4. The van der Waals surface area contributed by atoms with Crippen molar-refractivity contribution in [3.63, 3.8) is 0 Å². The van der Waals surface area contributed by atoms with E-state index in [0.717, 1.165) is 22.3 Å². The smallest absolute Gasteiger partial charge is 0.410 e. The van der Waals surface area contributed by atoms with Gasteiger partial charge in [-0.15, -0.1) is 0 Å². The van der Waals surface area contributed by atoms with Crippen molar-refractivity contribution < 1.29 is 19.4 Å². The lowest BCUT2D eigenvalue weighted by Gasteiger charge is -2.33. The zero-order chi connectivity index (χ0) is 20.0. The number of carboxylic acids is 1. The summed E-state index contributed by atoms with van der Waals surface area (Å²) in [7, 11) is 0. The normalized spacial score (nSPS) is 17.4. The summed E-state index contributed by atoms with van der Waals surface area (Å²) in [5, 5.41) is 9.70. The summed E-state index contributed by atoms with van der Waals surface area (Å²) in [6.45, 7) is 1.03. The van der Waals surface area contributed by atoms with E-state index in [4.69, 9.17) is 4.74 Å². The second-order valence-corrected chi connectivity index (χ2v) is 7.36. The Kier molecular flexibility index (Phi) is 4.12. The van der Waals surface area contributed by atoms with Crippen LogP contribution in [0, 0.1) is 0 Å². The highest BCUT2D eigenvalue weighted by molar-refractivity contribution is 5.82. The Morgan fingerprint density at radius 1 is 0.931 bits per heavy atom. The number of benzene rings is 2. The van der Waals surface area contributed by atoms with Crippen molar-refractivity contribution in [3.05, 3.63) is 83.7 Å². The van der Waals surface area contributed by atoms with E-state index >= 15 is 0 Å². The van der Waals surface area contributed by atoms with Gasteiger partial charge in [0.15, 0.2) is 6.04 Å². The van der Waals surface area contributed by atoms with E-state index in [1.54, 1.807) is 12.1 Å². The SMILES string of the molecule is O=C(O)C1c2cccn2CCN1C(=O)OCC1c2ccccc2-c2ccccc21. The molecule has 0 bridgehead atoms. The second kappa shape index (κ2) is 6.81. The third-order valence-corrected chi connectivity index (χ3v) is 5.84. The number of carbonyl (C=O) groups is 2. The molecule has 2 aliphatic rings. The molecule has 2 aromatic carbocycles. The summed E-state index contributed by atoms with van der Waals surface area (Å²) < 4.78 is 7.53. The lowest BCUT2D eigenvalue weighted by molar-refractivity contribution is -0.144. The highest BCUT2D eigenvalue weighted by Crippen LogP contribution is 2.44. The van der Waals surface area contributed by atoms with Crippen LogP contribution in [0.15, 0.2) is 66.9 Å². The van der Waals surface area contributed by atoms with Gasteiger partial charge in [0.1, 0.15) is 6.61 Å². The van der Waals surface area contributed by atoms with Crippen LogP contribution < -0.4 is 0 Å². The Labute approximate surface area is 167 Å². The quantitative estimate of drug-likeness (QED) is 0.739. The van der Waals surface area contributed by atoms with Crippen molar-refractivity contribution in [2.75, 3.05) is 13.2 Å². The summed E-state index contributed by atoms with van der Waals surface area (Å²) in [5.41, 5.74) is 5.16. The van der Waals surface area contributed by atoms with Crippen molar-refractivity contribution in [3.8, 4) is 11.1 Å². The number of aromatic nitrogens is 1. The van der Waals surface area contributed by atoms with Crippen molar-refractivity contribution in [1.82, 2.24) is 9.47 Å². The van der Waals surface area contributed by atoms with Crippen molar-refractivity contribution in [2.45, 2.75) is 18.5 Å². The van der Waals surface area contributed by atoms with E-state index in [1.807, 2.05) is 35.0 Å². The molecule has 1 N–H and O–H groups in total. The lowest BCUT2D eigenvalue weighted by atomic mass is 9.98. The molecular formula is C23H20N2O4. The summed E-state index contributed by atoms with van der Waals surface area (Å²) in [6.07, 6.45) is 1.24. The average Bonchev–Trinajstić information content (AvgIpc) is 3.34. The first kappa shape index (κ1) is 17.6. The average molecular weight is 388 g/mol. The molecule has 0 saturated carbocycles. The highest BCUT2D eigenvalue weighted by Gasteiger charge is 2.38.